The molecule has 1 rings (SSSR count). The van der Waals surface area contributed by atoms with Crippen LogP contribution in [0.3, 0.4) is 0 Å². The van der Waals surface area contributed by atoms with Crippen LogP contribution in [0.25, 0.3) is 0 Å². The number of rotatable bonds is 7. The second-order valence-corrected chi connectivity index (χ2v) is 4.75. The van der Waals surface area contributed by atoms with Crippen LogP contribution in [0.5, 0.6) is 5.75 Å². The summed E-state index contributed by atoms with van der Waals surface area (Å²) in [6.07, 6.45) is 0. The molecule has 1 aromatic carbocycles. The minimum atomic E-state index is -0.114. The molecule has 0 atom stereocenters. The highest BCUT2D eigenvalue weighted by Gasteiger charge is 2.05. The van der Waals surface area contributed by atoms with Gasteiger partial charge in [-0.15, -0.1) is 0 Å². The van der Waals surface area contributed by atoms with Crippen molar-refractivity contribution in [3.8, 4) is 5.75 Å². The third kappa shape index (κ3) is 6.06. The van der Waals surface area contributed by atoms with Gasteiger partial charge in [-0.2, -0.15) is 0 Å². The molecule has 0 unspecified atom stereocenters. The molecule has 0 fully saturated rings. The molecular weight excluding hydrogens is 240 g/mol. The van der Waals surface area contributed by atoms with Crippen LogP contribution in [0.4, 0.5) is 5.69 Å². The zero-order chi connectivity index (χ0) is 14.3. The van der Waals surface area contributed by atoms with E-state index in [1.807, 2.05) is 24.3 Å². The van der Waals surface area contributed by atoms with Gasteiger partial charge in [-0.05, 0) is 17.7 Å². The summed E-state index contributed by atoms with van der Waals surface area (Å²) in [5.74, 6) is 0.541. The Balaban J connectivity index is 2.52. The number of ether oxygens (including phenoxy) is 1. The van der Waals surface area contributed by atoms with E-state index in [4.69, 9.17) is 4.74 Å². The molecule has 0 saturated carbocycles. The van der Waals surface area contributed by atoms with Crippen molar-refractivity contribution in [2.75, 3.05) is 18.5 Å². The maximum absolute atomic E-state index is 11.1. The molecule has 0 saturated heterocycles. The minimum Gasteiger partial charge on any atom is -0.487 e. The number of benzene rings is 1. The van der Waals surface area contributed by atoms with Crippen LogP contribution in [0.15, 0.2) is 36.4 Å². The monoisotopic (exact) mass is 262 g/mol. The predicted octanol–water partition coefficient (Wildman–Crippen LogP) is 2.58. The fourth-order valence-corrected chi connectivity index (χ4v) is 1.46. The van der Waals surface area contributed by atoms with Gasteiger partial charge in [-0.1, -0.05) is 32.6 Å². The summed E-state index contributed by atoms with van der Waals surface area (Å²) in [5.41, 5.74) is 1.64. The summed E-state index contributed by atoms with van der Waals surface area (Å²) >= 11 is 0. The van der Waals surface area contributed by atoms with Gasteiger partial charge in [0, 0.05) is 19.5 Å². The number of carbonyl (C=O) groups excluding carboxylic acids is 1. The van der Waals surface area contributed by atoms with Gasteiger partial charge in [0.2, 0.25) is 5.91 Å². The SMILES string of the molecule is C=C(CNC(C)C)COc1ccccc1NC(C)=O. The van der Waals surface area contributed by atoms with Gasteiger partial charge in [0.15, 0.2) is 0 Å². The summed E-state index contributed by atoms with van der Waals surface area (Å²) < 4.78 is 5.68. The Morgan fingerprint density at radius 2 is 2.05 bits per heavy atom. The van der Waals surface area contributed by atoms with Crippen LogP contribution >= 0.6 is 0 Å². The lowest BCUT2D eigenvalue weighted by Crippen LogP contribution is -2.26. The topological polar surface area (TPSA) is 50.4 Å². The van der Waals surface area contributed by atoms with Crippen LogP contribution in [0.1, 0.15) is 20.8 Å². The molecule has 0 aliphatic rings. The largest absolute Gasteiger partial charge is 0.487 e. The third-order valence-electron chi connectivity index (χ3n) is 2.39. The van der Waals surface area contributed by atoms with Crippen molar-refractivity contribution in [1.82, 2.24) is 5.32 Å². The van der Waals surface area contributed by atoms with Crippen molar-refractivity contribution in [3.05, 3.63) is 36.4 Å². The lowest BCUT2D eigenvalue weighted by Gasteiger charge is -2.14. The highest BCUT2D eigenvalue weighted by Crippen LogP contribution is 2.23. The number of nitrogens with one attached hydrogen (secondary N) is 2. The first-order chi connectivity index (χ1) is 8.99. The molecule has 0 aliphatic carbocycles. The lowest BCUT2D eigenvalue weighted by molar-refractivity contribution is -0.114. The molecule has 1 amide bonds. The molecule has 0 aliphatic heterocycles. The summed E-state index contributed by atoms with van der Waals surface area (Å²) in [6, 6.07) is 7.78. The van der Waals surface area contributed by atoms with E-state index in [-0.39, 0.29) is 5.91 Å². The molecule has 2 N–H and O–H groups in total. The van der Waals surface area contributed by atoms with E-state index in [1.54, 1.807) is 0 Å². The van der Waals surface area contributed by atoms with E-state index in [9.17, 15) is 4.79 Å². The molecule has 19 heavy (non-hydrogen) atoms. The van der Waals surface area contributed by atoms with Crippen molar-refractivity contribution in [3.63, 3.8) is 0 Å². The van der Waals surface area contributed by atoms with Gasteiger partial charge in [-0.3, -0.25) is 4.79 Å². The Morgan fingerprint density at radius 1 is 1.37 bits per heavy atom. The fourth-order valence-electron chi connectivity index (χ4n) is 1.46. The lowest BCUT2D eigenvalue weighted by atomic mass is 10.2. The average Bonchev–Trinajstić information content (AvgIpc) is 2.34. The fraction of sp³-hybridized carbons (Fsp3) is 0.400. The molecule has 0 spiro atoms. The Bertz CT molecular complexity index is 442. The average molecular weight is 262 g/mol. The van der Waals surface area contributed by atoms with Gasteiger partial charge in [0.05, 0.1) is 5.69 Å². The van der Waals surface area contributed by atoms with Crippen molar-refractivity contribution in [1.29, 1.82) is 0 Å². The number of hydrogen-bond acceptors (Lipinski definition) is 3. The second-order valence-electron chi connectivity index (χ2n) is 4.75. The standard InChI is InChI=1S/C15H22N2O2/c1-11(2)16-9-12(3)10-19-15-8-6-5-7-14(15)17-13(4)18/h5-8,11,16H,3,9-10H2,1-2,4H3,(H,17,18). The molecule has 0 bridgehead atoms. The first kappa shape index (κ1) is 15.2. The van der Waals surface area contributed by atoms with E-state index in [1.165, 1.54) is 6.92 Å². The maximum Gasteiger partial charge on any atom is 0.221 e. The second kappa shape index (κ2) is 7.59. The number of para-hydroxylation sites is 2. The van der Waals surface area contributed by atoms with Crippen molar-refractivity contribution in [2.24, 2.45) is 0 Å². The summed E-state index contributed by atoms with van der Waals surface area (Å²) in [6.45, 7) is 10.7. The van der Waals surface area contributed by atoms with Gasteiger partial charge in [0.1, 0.15) is 12.4 Å². The van der Waals surface area contributed by atoms with Gasteiger partial charge >= 0.3 is 0 Å². The highest BCUT2D eigenvalue weighted by atomic mass is 16.5. The number of hydrogen-bond donors (Lipinski definition) is 2. The normalized spacial score (nSPS) is 10.3. The smallest absolute Gasteiger partial charge is 0.221 e. The van der Waals surface area contributed by atoms with Crippen LogP contribution in [-0.4, -0.2) is 25.1 Å². The predicted molar refractivity (Wildman–Crippen MR) is 78.5 cm³/mol. The first-order valence-corrected chi connectivity index (χ1v) is 6.38. The van der Waals surface area contributed by atoms with E-state index in [0.717, 1.165) is 12.1 Å². The van der Waals surface area contributed by atoms with Crippen LogP contribution in [0, 0.1) is 0 Å². The van der Waals surface area contributed by atoms with Gasteiger partial charge in [0.25, 0.3) is 0 Å². The van der Waals surface area contributed by atoms with E-state index in [0.29, 0.717) is 24.1 Å². The summed E-state index contributed by atoms with van der Waals surface area (Å²) in [4.78, 5) is 11.1. The van der Waals surface area contributed by atoms with Gasteiger partial charge in [-0.25, -0.2) is 0 Å². The summed E-state index contributed by atoms with van der Waals surface area (Å²) in [5, 5.41) is 6.02. The van der Waals surface area contributed by atoms with Crippen molar-refractivity contribution < 1.29 is 9.53 Å². The van der Waals surface area contributed by atoms with E-state index >= 15 is 0 Å². The quantitative estimate of drug-likeness (QED) is 0.743. The maximum atomic E-state index is 11.1. The Kier molecular flexibility index (Phi) is 6.09. The molecule has 4 nitrogen and oxygen atoms in total. The number of carbonyl (C=O) groups is 1. The summed E-state index contributed by atoms with van der Waals surface area (Å²) in [7, 11) is 0. The Hall–Kier alpha value is -1.81. The van der Waals surface area contributed by atoms with E-state index < -0.39 is 0 Å². The zero-order valence-corrected chi connectivity index (χ0v) is 11.8. The van der Waals surface area contributed by atoms with Crippen LogP contribution < -0.4 is 15.4 Å². The zero-order valence-electron chi connectivity index (χ0n) is 11.8. The van der Waals surface area contributed by atoms with Crippen molar-refractivity contribution >= 4 is 11.6 Å². The first-order valence-electron chi connectivity index (χ1n) is 6.38. The molecule has 1 aromatic rings. The molecule has 0 heterocycles. The Morgan fingerprint density at radius 3 is 2.68 bits per heavy atom. The minimum absolute atomic E-state index is 0.114. The molecule has 0 radical (unpaired) electrons. The number of anilines is 1. The molecule has 104 valence electrons. The van der Waals surface area contributed by atoms with Gasteiger partial charge < -0.3 is 15.4 Å². The molecular formula is C15H22N2O2. The van der Waals surface area contributed by atoms with Crippen LogP contribution in [-0.2, 0) is 4.79 Å². The molecule has 0 aromatic heterocycles. The van der Waals surface area contributed by atoms with Crippen molar-refractivity contribution in [2.45, 2.75) is 26.8 Å². The Labute approximate surface area is 114 Å². The number of amides is 1. The molecule has 4 heteroatoms. The van der Waals surface area contributed by atoms with E-state index in [2.05, 4.69) is 31.1 Å². The highest BCUT2D eigenvalue weighted by molar-refractivity contribution is 5.90. The van der Waals surface area contributed by atoms with Crippen LogP contribution in [0.2, 0.25) is 0 Å². The third-order valence-corrected chi connectivity index (χ3v) is 2.39.